The van der Waals surface area contributed by atoms with Crippen LogP contribution in [0.5, 0.6) is 0 Å². The van der Waals surface area contributed by atoms with Gasteiger partial charge in [-0.3, -0.25) is 0 Å². The number of rotatable bonds is 2. The van der Waals surface area contributed by atoms with Crippen molar-refractivity contribution in [2.45, 2.75) is 27.7 Å². The molecule has 2 N–H and O–H groups in total. The molecule has 2 aliphatic heterocycles. The van der Waals surface area contributed by atoms with Crippen LogP contribution < -0.4 is 0 Å². The summed E-state index contributed by atoms with van der Waals surface area (Å²) in [6.07, 6.45) is 4.36. The van der Waals surface area contributed by atoms with Gasteiger partial charge in [0.05, 0.1) is 22.8 Å². The van der Waals surface area contributed by atoms with Crippen LogP contribution in [0.4, 0.5) is 0 Å². The molecule has 0 saturated heterocycles. The van der Waals surface area contributed by atoms with Crippen molar-refractivity contribution in [2.75, 3.05) is 0 Å². The van der Waals surface area contributed by atoms with Crippen molar-refractivity contribution in [1.29, 1.82) is 0 Å². The largest absolute Gasteiger partial charge is 0.355 e. The highest BCUT2D eigenvalue weighted by molar-refractivity contribution is 5.97. The van der Waals surface area contributed by atoms with Gasteiger partial charge in [0.2, 0.25) is 0 Å². The molecule has 3 aromatic heterocycles. The number of nitrogens with one attached hydrogen (secondary N) is 2. The van der Waals surface area contributed by atoms with Crippen molar-refractivity contribution >= 4 is 45.4 Å². The second-order valence-electron chi connectivity index (χ2n) is 10.7. The molecule has 2 aliphatic rings. The van der Waals surface area contributed by atoms with Gasteiger partial charge < -0.3 is 9.97 Å². The topological polar surface area (TPSA) is 57.4 Å². The number of aromatic amines is 2. The highest BCUT2D eigenvalue weighted by Crippen LogP contribution is 2.36. The standard InChI is InChI=1S/C36H30N4/c1-21-15-31-35(25-11-7-5-8-12-25)32-17-23(3)29(39-32)20-30-24(4)18-34(40-30)36(26-13-9-6-10-14-26)33-16-22(2)28(38-33)19-27(21)37-31/h5-20,37,39H,1-4H3. The van der Waals surface area contributed by atoms with E-state index in [2.05, 4.69) is 129 Å². The van der Waals surface area contributed by atoms with Gasteiger partial charge in [-0.05, 0) is 97.5 Å². The molecule has 5 heterocycles. The van der Waals surface area contributed by atoms with Crippen LogP contribution in [0, 0.1) is 13.8 Å². The number of H-pyrrole nitrogens is 2. The molecule has 0 saturated carbocycles. The Hall–Kier alpha value is -4.96. The molecule has 194 valence electrons. The molecule has 2 aromatic carbocycles. The predicted molar refractivity (Wildman–Crippen MR) is 168 cm³/mol. The quantitative estimate of drug-likeness (QED) is 0.245. The van der Waals surface area contributed by atoms with E-state index in [4.69, 9.17) is 9.97 Å². The number of hydrogen-bond acceptors (Lipinski definition) is 2. The zero-order valence-electron chi connectivity index (χ0n) is 23.1. The number of allylic oxidation sites excluding steroid dienone is 2. The number of aromatic nitrogens is 4. The fourth-order valence-electron chi connectivity index (χ4n) is 5.69. The van der Waals surface area contributed by atoms with Crippen LogP contribution in [0.3, 0.4) is 0 Å². The van der Waals surface area contributed by atoms with Crippen molar-refractivity contribution in [3.05, 3.63) is 119 Å². The molecule has 7 rings (SSSR count). The highest BCUT2D eigenvalue weighted by atomic mass is 14.8. The van der Waals surface area contributed by atoms with Gasteiger partial charge in [0.25, 0.3) is 0 Å². The smallest absolute Gasteiger partial charge is 0.0740 e. The third-order valence-corrected chi connectivity index (χ3v) is 7.84. The van der Waals surface area contributed by atoms with Crippen molar-refractivity contribution in [1.82, 2.24) is 19.9 Å². The third-order valence-electron chi connectivity index (χ3n) is 7.84. The van der Waals surface area contributed by atoms with Gasteiger partial charge in [0.1, 0.15) is 0 Å². The maximum absolute atomic E-state index is 5.16. The van der Waals surface area contributed by atoms with Crippen LogP contribution in [0.25, 0.3) is 67.6 Å². The summed E-state index contributed by atoms with van der Waals surface area (Å²) in [6.45, 7) is 8.57. The van der Waals surface area contributed by atoms with Crippen molar-refractivity contribution in [3.63, 3.8) is 0 Å². The van der Waals surface area contributed by atoms with Gasteiger partial charge in [-0.15, -0.1) is 0 Å². The van der Waals surface area contributed by atoms with E-state index in [0.717, 1.165) is 78.2 Å². The average molecular weight is 519 g/mol. The molecule has 5 aromatic rings. The first kappa shape index (κ1) is 24.1. The van der Waals surface area contributed by atoms with E-state index < -0.39 is 0 Å². The van der Waals surface area contributed by atoms with E-state index >= 15 is 0 Å². The van der Waals surface area contributed by atoms with Gasteiger partial charge >= 0.3 is 0 Å². The lowest BCUT2D eigenvalue weighted by Crippen LogP contribution is -1.88. The summed E-state index contributed by atoms with van der Waals surface area (Å²) >= 11 is 0. The maximum Gasteiger partial charge on any atom is 0.0740 e. The summed E-state index contributed by atoms with van der Waals surface area (Å²) in [4.78, 5) is 17.8. The van der Waals surface area contributed by atoms with E-state index in [1.165, 1.54) is 11.1 Å². The zero-order chi connectivity index (χ0) is 27.4. The van der Waals surface area contributed by atoms with Crippen LogP contribution in [0.1, 0.15) is 47.8 Å². The summed E-state index contributed by atoms with van der Waals surface area (Å²) in [7, 11) is 0. The van der Waals surface area contributed by atoms with E-state index in [9.17, 15) is 0 Å². The highest BCUT2D eigenvalue weighted by Gasteiger charge is 2.18. The molecule has 0 amide bonds. The van der Waals surface area contributed by atoms with E-state index in [0.29, 0.717) is 0 Å². The Morgan fingerprint density at radius 3 is 1.35 bits per heavy atom. The molecule has 0 radical (unpaired) electrons. The minimum Gasteiger partial charge on any atom is -0.355 e. The molecule has 4 nitrogen and oxygen atoms in total. The van der Waals surface area contributed by atoms with Gasteiger partial charge in [0, 0.05) is 33.2 Å². The maximum atomic E-state index is 5.16. The first-order valence-corrected chi connectivity index (χ1v) is 13.7. The zero-order valence-corrected chi connectivity index (χ0v) is 23.1. The molecule has 0 unspecified atom stereocenters. The van der Waals surface area contributed by atoms with Gasteiger partial charge in [-0.2, -0.15) is 0 Å². The molecule has 0 fully saturated rings. The Balaban J connectivity index is 1.66. The summed E-state index contributed by atoms with van der Waals surface area (Å²) < 4.78 is 0. The minimum atomic E-state index is 0.936. The van der Waals surface area contributed by atoms with Gasteiger partial charge in [-0.1, -0.05) is 60.7 Å². The normalized spacial score (nSPS) is 12.8. The lowest BCUT2D eigenvalue weighted by atomic mass is 10.0. The second kappa shape index (κ2) is 9.35. The molecule has 4 heteroatoms. The fraction of sp³-hybridized carbons (Fsp3) is 0.111. The van der Waals surface area contributed by atoms with Gasteiger partial charge in [0.15, 0.2) is 0 Å². The molecular weight excluding hydrogens is 488 g/mol. The van der Waals surface area contributed by atoms with Crippen LogP contribution in [-0.4, -0.2) is 19.9 Å². The lowest BCUT2D eigenvalue weighted by molar-refractivity contribution is 1.26. The molecule has 0 aliphatic carbocycles. The predicted octanol–water partition coefficient (Wildman–Crippen LogP) is 9.39. The van der Waals surface area contributed by atoms with Crippen LogP contribution in [-0.2, 0) is 0 Å². The summed E-state index contributed by atoms with van der Waals surface area (Å²) in [5, 5.41) is 0. The molecule has 40 heavy (non-hydrogen) atoms. The molecule has 0 atom stereocenters. The van der Waals surface area contributed by atoms with Crippen LogP contribution in [0.2, 0.25) is 0 Å². The monoisotopic (exact) mass is 518 g/mol. The minimum absolute atomic E-state index is 0.936. The summed E-state index contributed by atoms with van der Waals surface area (Å²) in [5.74, 6) is 0. The van der Waals surface area contributed by atoms with Crippen LogP contribution >= 0.6 is 0 Å². The Morgan fingerprint density at radius 1 is 0.475 bits per heavy atom. The molecule has 0 spiro atoms. The number of benzene rings is 2. The molecular formula is C36H30N4. The summed E-state index contributed by atoms with van der Waals surface area (Å²) in [6, 6.07) is 29.8. The number of fused-ring (bicyclic) bond motifs is 8. The first-order valence-electron chi connectivity index (χ1n) is 13.7. The van der Waals surface area contributed by atoms with Gasteiger partial charge in [-0.25, -0.2) is 9.97 Å². The SMILES string of the molecule is CC1=Cc2nc1cc1[nH]c(cc1C)c(-c1ccccc1)c1cc(C)c(cc3nc(c2-c2ccccc2)C=C3C)[nH]1. The van der Waals surface area contributed by atoms with E-state index in [1.54, 1.807) is 0 Å². The fourth-order valence-corrected chi connectivity index (χ4v) is 5.69. The second-order valence-corrected chi connectivity index (χ2v) is 10.7. The Bertz CT molecular complexity index is 1910. The number of aryl methyl sites for hydroxylation is 2. The Kier molecular flexibility index (Phi) is 5.64. The number of nitrogens with zero attached hydrogens (tertiary/aromatic N) is 2. The van der Waals surface area contributed by atoms with Crippen LogP contribution in [0.15, 0.2) is 84.9 Å². The number of hydrogen-bond donors (Lipinski definition) is 2. The lowest BCUT2D eigenvalue weighted by Gasteiger charge is -2.04. The Labute approximate surface area is 233 Å². The molecule has 8 bridgehead atoms. The first-order chi connectivity index (χ1) is 19.4. The summed E-state index contributed by atoms with van der Waals surface area (Å²) in [5.41, 5.74) is 17.1. The van der Waals surface area contributed by atoms with Crippen molar-refractivity contribution in [2.24, 2.45) is 0 Å². The third kappa shape index (κ3) is 4.09. The van der Waals surface area contributed by atoms with Crippen molar-refractivity contribution in [3.8, 4) is 22.3 Å². The van der Waals surface area contributed by atoms with E-state index in [-0.39, 0.29) is 0 Å². The average Bonchev–Trinajstić information content (AvgIpc) is 3.69. The van der Waals surface area contributed by atoms with Crippen molar-refractivity contribution < 1.29 is 0 Å². The Morgan fingerprint density at radius 2 is 0.900 bits per heavy atom. The van der Waals surface area contributed by atoms with E-state index in [1.807, 2.05) is 6.07 Å².